The third-order valence-electron chi connectivity index (χ3n) is 3.70. The molecule has 12 heavy (non-hydrogen) atoms. The van der Waals surface area contributed by atoms with Gasteiger partial charge in [0.05, 0.1) is 0 Å². The second-order valence-electron chi connectivity index (χ2n) is 4.70. The molecule has 2 aliphatic rings. The second-order valence-corrected chi connectivity index (χ2v) is 4.70. The van der Waals surface area contributed by atoms with E-state index in [1.165, 1.54) is 58.2 Å². The third-order valence-corrected chi connectivity index (χ3v) is 3.70. The lowest BCUT2D eigenvalue weighted by Gasteiger charge is -2.31. The molecule has 1 heterocycles. The molecule has 1 aliphatic heterocycles. The first-order valence-corrected chi connectivity index (χ1v) is 5.57. The van der Waals surface area contributed by atoms with Crippen LogP contribution in [0.5, 0.6) is 0 Å². The molecule has 70 valence electrons. The maximum Gasteiger partial charge on any atom is -0.00134 e. The first-order chi connectivity index (χ1) is 5.85. The van der Waals surface area contributed by atoms with Crippen LogP contribution < -0.4 is 0 Å². The van der Waals surface area contributed by atoms with Crippen molar-refractivity contribution in [3.8, 4) is 0 Å². The summed E-state index contributed by atoms with van der Waals surface area (Å²) in [5.41, 5.74) is 0.864. The molecule has 2 rings (SSSR count). The molecule has 1 nitrogen and oxygen atoms in total. The van der Waals surface area contributed by atoms with E-state index in [4.69, 9.17) is 0 Å². The Kier molecular flexibility index (Phi) is 2.40. The van der Waals surface area contributed by atoms with Crippen molar-refractivity contribution in [2.75, 3.05) is 19.6 Å². The quantitative estimate of drug-likeness (QED) is 0.624. The molecule has 0 unspecified atom stereocenters. The van der Waals surface area contributed by atoms with Gasteiger partial charge in [-0.25, -0.2) is 0 Å². The van der Waals surface area contributed by atoms with Crippen LogP contribution in [0.1, 0.15) is 45.4 Å². The normalized spacial score (nSPS) is 27.8. The van der Waals surface area contributed by atoms with Crippen molar-refractivity contribution in [2.24, 2.45) is 5.41 Å². The van der Waals surface area contributed by atoms with Gasteiger partial charge in [-0.15, -0.1) is 0 Å². The Balaban J connectivity index is 1.68. The third kappa shape index (κ3) is 1.82. The molecule has 0 aromatic carbocycles. The number of likely N-dealkylation sites (tertiary alicyclic amines) is 1. The van der Waals surface area contributed by atoms with E-state index >= 15 is 0 Å². The second kappa shape index (κ2) is 3.37. The van der Waals surface area contributed by atoms with Crippen LogP contribution in [-0.4, -0.2) is 24.5 Å². The van der Waals surface area contributed by atoms with Crippen molar-refractivity contribution in [3.63, 3.8) is 0 Å². The lowest BCUT2D eigenvalue weighted by Crippen LogP contribution is -2.34. The Morgan fingerprint density at radius 3 is 2.25 bits per heavy atom. The Labute approximate surface area is 76.1 Å². The van der Waals surface area contributed by atoms with E-state index in [9.17, 15) is 0 Å². The largest absolute Gasteiger partial charge is 0.303 e. The summed E-state index contributed by atoms with van der Waals surface area (Å²) in [7, 11) is 0. The molecule has 2 fully saturated rings. The fourth-order valence-electron chi connectivity index (χ4n) is 2.31. The van der Waals surface area contributed by atoms with E-state index < -0.39 is 0 Å². The molecule has 0 amide bonds. The van der Waals surface area contributed by atoms with Gasteiger partial charge in [0.15, 0.2) is 0 Å². The molecule has 0 radical (unpaired) electrons. The standard InChI is InChI=1S/C11H21N/c1-2-3-8-12-9-6-11(4-5-11)7-10-12/h2-10H2,1H3. The van der Waals surface area contributed by atoms with Crippen molar-refractivity contribution >= 4 is 0 Å². The van der Waals surface area contributed by atoms with Gasteiger partial charge in [-0.1, -0.05) is 13.3 Å². The highest BCUT2D eigenvalue weighted by molar-refractivity contribution is 4.96. The number of hydrogen-bond acceptors (Lipinski definition) is 1. The molecule has 0 atom stereocenters. The van der Waals surface area contributed by atoms with Gasteiger partial charge in [0, 0.05) is 0 Å². The summed E-state index contributed by atoms with van der Waals surface area (Å²) >= 11 is 0. The van der Waals surface area contributed by atoms with E-state index in [1.807, 2.05) is 0 Å². The van der Waals surface area contributed by atoms with Crippen LogP contribution in [0.25, 0.3) is 0 Å². The maximum absolute atomic E-state index is 2.66. The van der Waals surface area contributed by atoms with Crippen molar-refractivity contribution < 1.29 is 0 Å². The maximum atomic E-state index is 2.66. The zero-order chi connectivity index (χ0) is 8.44. The molecule has 1 saturated heterocycles. The summed E-state index contributed by atoms with van der Waals surface area (Å²) in [6.45, 7) is 6.42. The number of rotatable bonds is 3. The summed E-state index contributed by atoms with van der Waals surface area (Å²) in [5.74, 6) is 0. The predicted octanol–water partition coefficient (Wildman–Crippen LogP) is 2.66. The highest BCUT2D eigenvalue weighted by Gasteiger charge is 2.44. The molecular weight excluding hydrogens is 146 g/mol. The van der Waals surface area contributed by atoms with E-state index in [2.05, 4.69) is 11.8 Å². The van der Waals surface area contributed by atoms with Gasteiger partial charge in [0.25, 0.3) is 0 Å². The van der Waals surface area contributed by atoms with Gasteiger partial charge >= 0.3 is 0 Å². The lowest BCUT2D eigenvalue weighted by molar-refractivity contribution is 0.171. The average Bonchev–Trinajstić information content (AvgIpc) is 2.85. The predicted molar refractivity (Wildman–Crippen MR) is 52.2 cm³/mol. The van der Waals surface area contributed by atoms with Gasteiger partial charge in [-0.2, -0.15) is 0 Å². The van der Waals surface area contributed by atoms with E-state index in [1.54, 1.807) is 0 Å². The summed E-state index contributed by atoms with van der Waals surface area (Å²) in [5, 5.41) is 0. The molecule has 1 heteroatoms. The number of hydrogen-bond donors (Lipinski definition) is 0. The first kappa shape index (κ1) is 8.55. The fourth-order valence-corrected chi connectivity index (χ4v) is 2.31. The monoisotopic (exact) mass is 167 g/mol. The summed E-state index contributed by atoms with van der Waals surface area (Å²) < 4.78 is 0. The fraction of sp³-hybridized carbons (Fsp3) is 1.00. The van der Waals surface area contributed by atoms with Crippen LogP contribution in [-0.2, 0) is 0 Å². The Bertz CT molecular complexity index is 139. The molecule has 0 N–H and O–H groups in total. The molecule has 1 saturated carbocycles. The van der Waals surface area contributed by atoms with Gasteiger partial charge in [-0.05, 0) is 57.2 Å². The highest BCUT2D eigenvalue weighted by Crippen LogP contribution is 2.53. The highest BCUT2D eigenvalue weighted by atomic mass is 15.1. The van der Waals surface area contributed by atoms with Crippen LogP contribution in [0.15, 0.2) is 0 Å². The molecule has 0 bridgehead atoms. The van der Waals surface area contributed by atoms with Crippen molar-refractivity contribution in [2.45, 2.75) is 45.4 Å². The van der Waals surface area contributed by atoms with Crippen LogP contribution >= 0.6 is 0 Å². The minimum absolute atomic E-state index is 0.864. The summed E-state index contributed by atoms with van der Waals surface area (Å²) in [6.07, 6.45) is 8.81. The molecular formula is C11H21N. The zero-order valence-electron chi connectivity index (χ0n) is 8.31. The topological polar surface area (TPSA) is 3.24 Å². The summed E-state index contributed by atoms with van der Waals surface area (Å²) in [4.78, 5) is 2.66. The van der Waals surface area contributed by atoms with Gasteiger partial charge in [0.1, 0.15) is 0 Å². The SMILES string of the molecule is CCCCN1CCC2(CC1)CC2. The molecule has 0 aromatic rings. The van der Waals surface area contributed by atoms with Crippen LogP contribution in [0.4, 0.5) is 0 Å². The molecule has 0 aromatic heterocycles. The van der Waals surface area contributed by atoms with Crippen molar-refractivity contribution in [3.05, 3.63) is 0 Å². The van der Waals surface area contributed by atoms with Crippen LogP contribution in [0, 0.1) is 5.41 Å². The van der Waals surface area contributed by atoms with E-state index in [-0.39, 0.29) is 0 Å². The smallest absolute Gasteiger partial charge is 0.00134 e. The average molecular weight is 167 g/mol. The minimum atomic E-state index is 0.864. The lowest BCUT2D eigenvalue weighted by atomic mass is 9.94. The first-order valence-electron chi connectivity index (χ1n) is 5.57. The number of piperidine rings is 1. The Morgan fingerprint density at radius 1 is 1.08 bits per heavy atom. The van der Waals surface area contributed by atoms with Gasteiger partial charge < -0.3 is 4.90 Å². The zero-order valence-corrected chi connectivity index (χ0v) is 8.31. The minimum Gasteiger partial charge on any atom is -0.303 e. The number of nitrogens with zero attached hydrogens (tertiary/aromatic N) is 1. The Morgan fingerprint density at radius 2 is 1.75 bits per heavy atom. The van der Waals surface area contributed by atoms with E-state index in [0.29, 0.717) is 0 Å². The van der Waals surface area contributed by atoms with Gasteiger partial charge in [0.2, 0.25) is 0 Å². The van der Waals surface area contributed by atoms with E-state index in [0.717, 1.165) is 5.41 Å². The molecule has 1 aliphatic carbocycles. The number of unbranched alkanes of at least 4 members (excludes halogenated alkanes) is 1. The summed E-state index contributed by atoms with van der Waals surface area (Å²) in [6, 6.07) is 0. The van der Waals surface area contributed by atoms with Gasteiger partial charge in [-0.3, -0.25) is 0 Å². The van der Waals surface area contributed by atoms with Crippen LogP contribution in [0.2, 0.25) is 0 Å². The van der Waals surface area contributed by atoms with Crippen molar-refractivity contribution in [1.29, 1.82) is 0 Å². The Hall–Kier alpha value is -0.0400. The van der Waals surface area contributed by atoms with Crippen molar-refractivity contribution in [1.82, 2.24) is 4.90 Å². The van der Waals surface area contributed by atoms with Crippen LogP contribution in [0.3, 0.4) is 0 Å². The molecule has 1 spiro atoms.